The molecule has 1 aliphatic heterocycles. The number of anilines is 2. The molecule has 1 aromatic carbocycles. The normalized spacial score (nSPS) is 14.3. The Kier molecular flexibility index (Phi) is 3.25. The summed E-state index contributed by atoms with van der Waals surface area (Å²) in [7, 11) is 1.72. The molecule has 0 fully saturated rings. The Balaban J connectivity index is 2.49. The van der Waals surface area contributed by atoms with Gasteiger partial charge in [-0.15, -0.1) is 0 Å². The molecule has 19 heavy (non-hydrogen) atoms. The summed E-state index contributed by atoms with van der Waals surface area (Å²) in [5.41, 5.74) is 1.36. The molecule has 1 aliphatic rings. The number of nitrogens with zero attached hydrogens (tertiary/aromatic N) is 2. The summed E-state index contributed by atoms with van der Waals surface area (Å²) in [4.78, 5) is 37.2. The van der Waals surface area contributed by atoms with Crippen molar-refractivity contribution < 1.29 is 19.5 Å². The standard InChI is InChI=1S/C13H14N2O4/c1-8(16)6-15-10-4-3-9(13(18)19)5-11(10)14(2)7-12(15)17/h3-5H,6-7H2,1-2H3,(H,18,19). The van der Waals surface area contributed by atoms with Gasteiger partial charge in [-0.2, -0.15) is 0 Å². The van der Waals surface area contributed by atoms with Crippen LogP contribution >= 0.6 is 0 Å². The lowest BCUT2D eigenvalue weighted by molar-refractivity contribution is -0.121. The van der Waals surface area contributed by atoms with E-state index in [1.165, 1.54) is 24.0 Å². The quantitative estimate of drug-likeness (QED) is 0.870. The van der Waals surface area contributed by atoms with Crippen molar-refractivity contribution in [3.63, 3.8) is 0 Å². The molecule has 0 saturated carbocycles. The minimum atomic E-state index is -1.02. The second-order valence-corrected chi connectivity index (χ2v) is 4.55. The zero-order valence-electron chi connectivity index (χ0n) is 10.7. The van der Waals surface area contributed by atoms with Crippen LogP contribution in [0, 0.1) is 0 Å². The minimum Gasteiger partial charge on any atom is -0.478 e. The van der Waals surface area contributed by atoms with Crippen LogP contribution in [0.1, 0.15) is 17.3 Å². The van der Waals surface area contributed by atoms with Gasteiger partial charge in [-0.1, -0.05) is 0 Å². The van der Waals surface area contributed by atoms with Crippen LogP contribution in [0.2, 0.25) is 0 Å². The molecule has 6 heteroatoms. The highest BCUT2D eigenvalue weighted by Gasteiger charge is 2.28. The van der Waals surface area contributed by atoms with E-state index in [9.17, 15) is 14.4 Å². The summed E-state index contributed by atoms with van der Waals surface area (Å²) in [5, 5.41) is 8.98. The van der Waals surface area contributed by atoms with Crippen molar-refractivity contribution in [1.82, 2.24) is 0 Å². The maximum atomic E-state index is 11.9. The first-order valence-electron chi connectivity index (χ1n) is 5.78. The van der Waals surface area contributed by atoms with Gasteiger partial charge in [0.2, 0.25) is 5.91 Å². The van der Waals surface area contributed by atoms with Gasteiger partial charge in [-0.25, -0.2) is 4.79 Å². The van der Waals surface area contributed by atoms with Gasteiger partial charge in [0.25, 0.3) is 0 Å². The number of fused-ring (bicyclic) bond motifs is 1. The molecular weight excluding hydrogens is 248 g/mol. The van der Waals surface area contributed by atoms with Crippen LogP contribution in [0.4, 0.5) is 11.4 Å². The fourth-order valence-electron chi connectivity index (χ4n) is 2.09. The van der Waals surface area contributed by atoms with E-state index in [1.54, 1.807) is 18.0 Å². The maximum Gasteiger partial charge on any atom is 0.335 e. The molecule has 0 unspecified atom stereocenters. The van der Waals surface area contributed by atoms with Crippen molar-refractivity contribution in [1.29, 1.82) is 0 Å². The van der Waals surface area contributed by atoms with Crippen LogP contribution in [0.5, 0.6) is 0 Å². The van der Waals surface area contributed by atoms with Crippen molar-refractivity contribution in [3.05, 3.63) is 23.8 Å². The van der Waals surface area contributed by atoms with Gasteiger partial charge >= 0.3 is 5.97 Å². The molecule has 0 spiro atoms. The summed E-state index contributed by atoms with van der Waals surface area (Å²) in [5.74, 6) is -1.31. The summed E-state index contributed by atoms with van der Waals surface area (Å²) in [6, 6.07) is 4.51. The Hall–Kier alpha value is -2.37. The number of carboxylic acid groups (broad SMARTS) is 1. The molecule has 6 nitrogen and oxygen atoms in total. The van der Waals surface area contributed by atoms with E-state index >= 15 is 0 Å². The topological polar surface area (TPSA) is 77.9 Å². The minimum absolute atomic E-state index is 0.00604. The largest absolute Gasteiger partial charge is 0.478 e. The first-order valence-corrected chi connectivity index (χ1v) is 5.78. The number of amides is 1. The van der Waals surface area contributed by atoms with Crippen molar-refractivity contribution in [2.45, 2.75) is 6.92 Å². The Morgan fingerprint density at radius 2 is 2.00 bits per heavy atom. The molecule has 0 atom stereocenters. The van der Waals surface area contributed by atoms with Crippen LogP contribution in [0.25, 0.3) is 0 Å². The number of aromatic carboxylic acids is 1. The maximum absolute atomic E-state index is 11.9. The Morgan fingerprint density at radius 1 is 1.32 bits per heavy atom. The molecular formula is C13H14N2O4. The Bertz CT molecular complexity index is 568. The average molecular weight is 262 g/mol. The molecule has 100 valence electrons. The highest BCUT2D eigenvalue weighted by atomic mass is 16.4. The summed E-state index contributed by atoms with van der Waals surface area (Å²) in [6.45, 7) is 1.55. The van der Waals surface area contributed by atoms with Crippen molar-refractivity contribution in [2.24, 2.45) is 0 Å². The molecule has 2 rings (SSSR count). The molecule has 1 N–H and O–H groups in total. The average Bonchev–Trinajstić information content (AvgIpc) is 2.33. The second kappa shape index (κ2) is 4.72. The van der Waals surface area contributed by atoms with Crippen LogP contribution in [0.3, 0.4) is 0 Å². The predicted molar refractivity (Wildman–Crippen MR) is 69.7 cm³/mol. The van der Waals surface area contributed by atoms with Crippen LogP contribution < -0.4 is 9.80 Å². The monoisotopic (exact) mass is 262 g/mol. The van der Waals surface area contributed by atoms with E-state index in [-0.39, 0.29) is 30.3 Å². The number of hydrogen-bond donors (Lipinski definition) is 1. The van der Waals surface area contributed by atoms with Gasteiger partial charge in [-0.05, 0) is 25.1 Å². The van der Waals surface area contributed by atoms with Gasteiger partial charge in [-0.3, -0.25) is 9.59 Å². The number of benzene rings is 1. The fraction of sp³-hybridized carbons (Fsp3) is 0.308. The SMILES string of the molecule is CC(=O)CN1C(=O)CN(C)c2cc(C(=O)O)ccc21. The van der Waals surface area contributed by atoms with Gasteiger partial charge in [0.15, 0.2) is 0 Å². The smallest absolute Gasteiger partial charge is 0.335 e. The number of carbonyl (C=O) groups excluding carboxylic acids is 2. The van der Waals surface area contributed by atoms with Crippen molar-refractivity contribution in [2.75, 3.05) is 29.9 Å². The van der Waals surface area contributed by atoms with Crippen LogP contribution in [-0.2, 0) is 9.59 Å². The van der Waals surface area contributed by atoms with Crippen LogP contribution in [0.15, 0.2) is 18.2 Å². The number of hydrogen-bond acceptors (Lipinski definition) is 4. The van der Waals surface area contributed by atoms with Gasteiger partial charge < -0.3 is 14.9 Å². The van der Waals surface area contributed by atoms with Crippen molar-refractivity contribution >= 4 is 29.0 Å². The highest BCUT2D eigenvalue weighted by molar-refractivity contribution is 6.07. The van der Waals surface area contributed by atoms with Gasteiger partial charge in [0.05, 0.1) is 30.0 Å². The third-order valence-corrected chi connectivity index (χ3v) is 2.98. The lowest BCUT2D eigenvalue weighted by atomic mass is 10.1. The number of carboxylic acids is 1. The molecule has 0 saturated heterocycles. The van der Waals surface area contributed by atoms with Crippen LogP contribution in [-0.4, -0.2) is 42.9 Å². The molecule has 1 heterocycles. The Labute approximate surface area is 110 Å². The van der Waals surface area contributed by atoms with E-state index in [2.05, 4.69) is 0 Å². The van der Waals surface area contributed by atoms with Crippen molar-refractivity contribution in [3.8, 4) is 0 Å². The Morgan fingerprint density at radius 3 is 2.58 bits per heavy atom. The number of likely N-dealkylation sites (N-methyl/N-ethyl adjacent to an activating group) is 1. The fourth-order valence-corrected chi connectivity index (χ4v) is 2.09. The molecule has 0 bridgehead atoms. The van der Waals surface area contributed by atoms with E-state index < -0.39 is 5.97 Å². The summed E-state index contributed by atoms with van der Waals surface area (Å²) >= 11 is 0. The van der Waals surface area contributed by atoms with E-state index in [1.807, 2.05) is 0 Å². The van der Waals surface area contributed by atoms with E-state index in [0.717, 1.165) is 0 Å². The lowest BCUT2D eigenvalue weighted by Gasteiger charge is -2.34. The lowest BCUT2D eigenvalue weighted by Crippen LogP contribution is -2.46. The summed E-state index contributed by atoms with van der Waals surface area (Å²) in [6.07, 6.45) is 0. The third kappa shape index (κ3) is 2.42. The molecule has 1 amide bonds. The first kappa shape index (κ1) is 13.1. The molecule has 0 aromatic heterocycles. The molecule has 1 aromatic rings. The number of carbonyl (C=O) groups is 3. The van der Waals surface area contributed by atoms with Gasteiger partial charge in [0, 0.05) is 7.05 Å². The first-order chi connectivity index (χ1) is 8.90. The second-order valence-electron chi connectivity index (χ2n) is 4.55. The van der Waals surface area contributed by atoms with E-state index in [4.69, 9.17) is 5.11 Å². The highest BCUT2D eigenvalue weighted by Crippen LogP contribution is 2.33. The summed E-state index contributed by atoms with van der Waals surface area (Å²) < 4.78 is 0. The number of ketones is 1. The zero-order chi connectivity index (χ0) is 14.2. The molecule has 0 radical (unpaired) electrons. The van der Waals surface area contributed by atoms with Gasteiger partial charge in [0.1, 0.15) is 5.78 Å². The number of rotatable bonds is 3. The number of Topliss-reactive ketones (excluding diaryl/α,β-unsaturated/α-hetero) is 1. The zero-order valence-corrected chi connectivity index (χ0v) is 10.7. The predicted octanol–water partition coefficient (Wildman–Crippen LogP) is 0.757. The third-order valence-electron chi connectivity index (χ3n) is 2.98. The molecule has 0 aliphatic carbocycles. The van der Waals surface area contributed by atoms with E-state index in [0.29, 0.717) is 11.4 Å².